The summed E-state index contributed by atoms with van der Waals surface area (Å²) in [6, 6.07) is 1.04. The fraction of sp³-hybridized carbons (Fsp3) is 0.645. The third-order valence-electron chi connectivity index (χ3n) is 8.83. The molecule has 2 aliphatic rings. The third kappa shape index (κ3) is 9.73. The van der Waals surface area contributed by atoms with E-state index in [9.17, 15) is 25.2 Å². The van der Waals surface area contributed by atoms with Crippen LogP contribution in [0.25, 0.3) is 0 Å². The normalized spacial score (nSPS) is 20.2. The SMILES string of the molecule is O=CC(c1c(F)cc(OCCCCC2CCN(c3ncc(Cl)cn3)CC2)cc1F)N1CCN(C[C@H](O)[C@@H](O)[C@H](O)[C@H](O)CO)CC1. The molecule has 1 unspecified atom stereocenters. The van der Waals surface area contributed by atoms with Crippen molar-refractivity contribution < 1.29 is 43.8 Å². The van der Waals surface area contributed by atoms with Gasteiger partial charge in [-0.25, -0.2) is 18.7 Å². The lowest BCUT2D eigenvalue weighted by Crippen LogP contribution is -2.54. The highest BCUT2D eigenvalue weighted by molar-refractivity contribution is 6.30. The van der Waals surface area contributed by atoms with E-state index in [0.29, 0.717) is 42.9 Å². The van der Waals surface area contributed by atoms with Gasteiger partial charge in [0.2, 0.25) is 5.95 Å². The van der Waals surface area contributed by atoms with Crippen LogP contribution < -0.4 is 9.64 Å². The summed E-state index contributed by atoms with van der Waals surface area (Å²) in [4.78, 5) is 26.1. The third-order valence-corrected chi connectivity index (χ3v) is 9.02. The van der Waals surface area contributed by atoms with E-state index in [1.807, 2.05) is 0 Å². The number of benzene rings is 1. The van der Waals surface area contributed by atoms with Gasteiger partial charge < -0.3 is 40.0 Å². The maximum absolute atomic E-state index is 15.1. The monoisotopic (exact) mass is 671 g/mol. The quantitative estimate of drug-likeness (QED) is 0.128. The molecule has 0 spiro atoms. The number of carbonyl (C=O) groups excluding carboxylic acids is 1. The van der Waals surface area contributed by atoms with E-state index in [2.05, 4.69) is 14.9 Å². The molecule has 0 amide bonds. The highest BCUT2D eigenvalue weighted by Crippen LogP contribution is 2.30. The first kappa shape index (κ1) is 36.3. The van der Waals surface area contributed by atoms with Crippen molar-refractivity contribution in [3.8, 4) is 5.75 Å². The van der Waals surface area contributed by atoms with Crippen LogP contribution >= 0.6 is 11.6 Å². The summed E-state index contributed by atoms with van der Waals surface area (Å²) in [6.45, 7) is 2.36. The zero-order valence-electron chi connectivity index (χ0n) is 25.7. The van der Waals surface area contributed by atoms with Crippen LogP contribution in [0.2, 0.25) is 5.02 Å². The number of aromatic nitrogens is 2. The van der Waals surface area contributed by atoms with Gasteiger partial charge in [0, 0.05) is 63.5 Å². The number of anilines is 1. The molecule has 2 aliphatic heterocycles. The van der Waals surface area contributed by atoms with Gasteiger partial charge in [0.15, 0.2) is 0 Å². The van der Waals surface area contributed by atoms with E-state index in [1.165, 1.54) is 0 Å². The zero-order chi connectivity index (χ0) is 33.2. The van der Waals surface area contributed by atoms with Crippen molar-refractivity contribution in [2.45, 2.75) is 62.6 Å². The van der Waals surface area contributed by atoms with Gasteiger partial charge in [0.05, 0.1) is 42.8 Å². The Morgan fingerprint density at radius 1 is 0.935 bits per heavy atom. The number of halogens is 3. The largest absolute Gasteiger partial charge is 0.493 e. The molecular formula is C31H44ClF2N5O7. The molecule has 46 heavy (non-hydrogen) atoms. The Morgan fingerprint density at radius 2 is 1.54 bits per heavy atom. The molecule has 256 valence electrons. The number of piperidine rings is 1. The second-order valence-electron chi connectivity index (χ2n) is 12.0. The molecule has 0 saturated carbocycles. The second-order valence-corrected chi connectivity index (χ2v) is 12.4. The maximum atomic E-state index is 15.1. The summed E-state index contributed by atoms with van der Waals surface area (Å²) in [5, 5.41) is 49.1. The first-order valence-electron chi connectivity index (χ1n) is 15.7. The predicted octanol–water partition coefficient (Wildman–Crippen LogP) is 1.17. The number of nitrogens with zero attached hydrogens (tertiary/aromatic N) is 5. The molecule has 1 aromatic heterocycles. The van der Waals surface area contributed by atoms with Gasteiger partial charge in [-0.1, -0.05) is 18.0 Å². The fourth-order valence-corrected chi connectivity index (χ4v) is 6.14. The van der Waals surface area contributed by atoms with Gasteiger partial charge in [-0.3, -0.25) is 9.80 Å². The van der Waals surface area contributed by atoms with Gasteiger partial charge in [-0.05, 0) is 31.6 Å². The van der Waals surface area contributed by atoms with E-state index in [0.717, 1.165) is 57.3 Å². The summed E-state index contributed by atoms with van der Waals surface area (Å²) >= 11 is 5.87. The molecule has 0 aliphatic carbocycles. The number of ether oxygens (including phenoxy) is 1. The Balaban J connectivity index is 1.19. The molecule has 5 N–H and O–H groups in total. The Kier molecular flexibility index (Phi) is 13.8. The fourth-order valence-electron chi connectivity index (χ4n) is 6.04. The van der Waals surface area contributed by atoms with Gasteiger partial charge in [0.25, 0.3) is 0 Å². The minimum Gasteiger partial charge on any atom is -0.493 e. The van der Waals surface area contributed by atoms with Crippen LogP contribution in [0.4, 0.5) is 14.7 Å². The smallest absolute Gasteiger partial charge is 0.225 e. The van der Waals surface area contributed by atoms with Gasteiger partial charge in [-0.2, -0.15) is 0 Å². The Hall–Kier alpha value is -2.56. The lowest BCUT2D eigenvalue weighted by molar-refractivity contribution is -0.122. The number of rotatable bonds is 16. The van der Waals surface area contributed by atoms with Crippen molar-refractivity contribution in [2.24, 2.45) is 5.92 Å². The molecule has 1 aromatic carbocycles. The molecule has 15 heteroatoms. The number of piperazine rings is 1. The standard InChI is InChI=1S/C31H44ClF2N5O7/c32-21-15-35-31(36-16-21)39-6-4-20(5-7-39)3-1-2-12-46-22-13-23(33)28(24(34)14-22)25(18-40)38-10-8-37(9-11-38)17-26(42)29(44)30(45)27(43)19-41/h13-16,18,20,25-27,29-30,41-45H,1-12,17,19H2/t25?,26-,27+,29+,30+/m0/s1. The first-order chi connectivity index (χ1) is 22.1. The lowest BCUT2D eigenvalue weighted by atomic mass is 9.92. The molecule has 12 nitrogen and oxygen atoms in total. The number of β-amino-alcohol motifs (C(OH)–C–C–N with tert-alkyl or cyclic N) is 1. The number of hydrogen-bond acceptors (Lipinski definition) is 12. The summed E-state index contributed by atoms with van der Waals surface area (Å²) in [6.07, 6.45) is 2.00. The average molecular weight is 672 g/mol. The number of aliphatic hydroxyl groups excluding tert-OH is 5. The van der Waals surface area contributed by atoms with Crippen molar-refractivity contribution in [2.75, 3.05) is 63.9 Å². The predicted molar refractivity (Wildman–Crippen MR) is 166 cm³/mol. The minimum absolute atomic E-state index is 0.0518. The highest BCUT2D eigenvalue weighted by Gasteiger charge is 2.34. The number of aliphatic hydroxyl groups is 5. The maximum Gasteiger partial charge on any atom is 0.225 e. The molecule has 0 radical (unpaired) electrons. The lowest BCUT2D eigenvalue weighted by Gasteiger charge is -2.39. The van der Waals surface area contributed by atoms with Crippen LogP contribution in [0.15, 0.2) is 24.5 Å². The van der Waals surface area contributed by atoms with Crippen molar-refractivity contribution >= 4 is 23.8 Å². The van der Waals surface area contributed by atoms with E-state index in [1.54, 1.807) is 22.2 Å². The molecule has 2 fully saturated rings. The number of aldehydes is 1. The molecule has 5 atom stereocenters. The number of carbonyl (C=O) groups is 1. The Morgan fingerprint density at radius 3 is 2.13 bits per heavy atom. The van der Waals surface area contributed by atoms with Crippen LogP contribution in [0.5, 0.6) is 5.75 Å². The van der Waals surface area contributed by atoms with Gasteiger partial charge >= 0.3 is 0 Å². The summed E-state index contributed by atoms with van der Waals surface area (Å²) < 4.78 is 35.9. The topological polar surface area (TPSA) is 163 Å². The van der Waals surface area contributed by atoms with E-state index in [-0.39, 0.29) is 30.9 Å². The second kappa shape index (κ2) is 17.6. The number of unbranched alkanes of at least 4 members (excludes halogenated alkanes) is 1. The van der Waals surface area contributed by atoms with E-state index >= 15 is 8.78 Å². The van der Waals surface area contributed by atoms with Crippen LogP contribution in [-0.4, -0.2) is 135 Å². The summed E-state index contributed by atoms with van der Waals surface area (Å²) in [5.41, 5.74) is -0.359. The molecule has 0 bridgehead atoms. The van der Waals surface area contributed by atoms with Crippen molar-refractivity contribution in [1.29, 1.82) is 0 Å². The van der Waals surface area contributed by atoms with Crippen molar-refractivity contribution in [3.05, 3.63) is 46.7 Å². The minimum atomic E-state index is -1.73. The average Bonchev–Trinajstić information content (AvgIpc) is 3.06. The highest BCUT2D eigenvalue weighted by atomic mass is 35.5. The van der Waals surface area contributed by atoms with E-state index in [4.69, 9.17) is 21.4 Å². The van der Waals surface area contributed by atoms with Crippen LogP contribution in [-0.2, 0) is 4.79 Å². The number of hydrogen-bond donors (Lipinski definition) is 5. The molecule has 3 heterocycles. The summed E-state index contributed by atoms with van der Waals surface area (Å²) in [5.74, 6) is -0.420. The van der Waals surface area contributed by atoms with Crippen LogP contribution in [0.1, 0.15) is 43.7 Å². The van der Waals surface area contributed by atoms with E-state index < -0.39 is 48.7 Å². The molecular weight excluding hydrogens is 628 g/mol. The molecule has 4 rings (SSSR count). The molecule has 2 aromatic rings. The molecule has 2 saturated heterocycles. The first-order valence-corrected chi connectivity index (χ1v) is 16.1. The Bertz CT molecular complexity index is 1210. The van der Waals surface area contributed by atoms with Crippen molar-refractivity contribution in [1.82, 2.24) is 19.8 Å². The van der Waals surface area contributed by atoms with Crippen molar-refractivity contribution in [3.63, 3.8) is 0 Å². The van der Waals surface area contributed by atoms with Gasteiger partial charge in [0.1, 0.15) is 42.0 Å². The summed E-state index contributed by atoms with van der Waals surface area (Å²) in [7, 11) is 0. The van der Waals surface area contributed by atoms with Crippen LogP contribution in [0.3, 0.4) is 0 Å². The van der Waals surface area contributed by atoms with Gasteiger partial charge in [-0.15, -0.1) is 0 Å². The zero-order valence-corrected chi connectivity index (χ0v) is 26.4. The Labute approximate surface area is 272 Å². The van der Waals surface area contributed by atoms with Crippen LogP contribution in [0, 0.1) is 17.6 Å².